The lowest BCUT2D eigenvalue weighted by atomic mass is 10.2. The van der Waals surface area contributed by atoms with Crippen LogP contribution in [0.5, 0.6) is 0 Å². The molecule has 3 aromatic rings. The summed E-state index contributed by atoms with van der Waals surface area (Å²) in [6.45, 7) is 1.94. The summed E-state index contributed by atoms with van der Waals surface area (Å²) < 4.78 is 1.62. The predicted molar refractivity (Wildman–Crippen MR) is 93.2 cm³/mol. The Balaban J connectivity index is 1.65. The number of amides is 2. The maximum atomic E-state index is 12.0. The zero-order valence-electron chi connectivity index (χ0n) is 13.2. The third-order valence-electron chi connectivity index (χ3n) is 3.16. The Morgan fingerprint density at radius 3 is 2.67 bits per heavy atom. The van der Waals surface area contributed by atoms with Crippen LogP contribution < -0.4 is 10.6 Å². The molecule has 122 valence electrons. The minimum absolute atomic E-state index is 0.308. The van der Waals surface area contributed by atoms with E-state index in [1.165, 1.54) is 11.8 Å². The SMILES string of the molecule is Cc1cc(Sc2ncccn2)ccc1NC(=O)Nc1cnn(C)c1. The highest BCUT2D eigenvalue weighted by Gasteiger charge is 2.08. The first-order chi connectivity index (χ1) is 11.6. The van der Waals surface area contributed by atoms with Gasteiger partial charge in [-0.3, -0.25) is 4.68 Å². The molecule has 0 fully saturated rings. The van der Waals surface area contributed by atoms with E-state index in [0.717, 1.165) is 16.1 Å². The average Bonchev–Trinajstić information content (AvgIpc) is 2.96. The van der Waals surface area contributed by atoms with Crippen LogP contribution in [0.3, 0.4) is 0 Å². The first-order valence-corrected chi connectivity index (χ1v) is 8.04. The highest BCUT2D eigenvalue weighted by atomic mass is 32.2. The van der Waals surface area contributed by atoms with Crippen LogP contribution in [-0.2, 0) is 7.05 Å². The summed E-state index contributed by atoms with van der Waals surface area (Å²) in [5.41, 5.74) is 2.34. The maximum absolute atomic E-state index is 12.0. The van der Waals surface area contributed by atoms with Crippen LogP contribution in [0, 0.1) is 6.92 Å². The van der Waals surface area contributed by atoms with Gasteiger partial charge in [0.25, 0.3) is 0 Å². The second-order valence-corrected chi connectivity index (χ2v) is 6.13. The second-order valence-electron chi connectivity index (χ2n) is 5.09. The zero-order valence-corrected chi connectivity index (χ0v) is 14.0. The van der Waals surface area contributed by atoms with Gasteiger partial charge in [-0.05, 0) is 48.5 Å². The van der Waals surface area contributed by atoms with E-state index in [4.69, 9.17) is 0 Å². The van der Waals surface area contributed by atoms with E-state index < -0.39 is 0 Å². The van der Waals surface area contributed by atoms with E-state index in [2.05, 4.69) is 25.7 Å². The van der Waals surface area contributed by atoms with E-state index in [1.807, 2.05) is 25.1 Å². The number of nitrogens with zero attached hydrogens (tertiary/aromatic N) is 4. The van der Waals surface area contributed by atoms with Crippen molar-refractivity contribution in [1.82, 2.24) is 19.7 Å². The van der Waals surface area contributed by atoms with Crippen LogP contribution in [0.1, 0.15) is 5.56 Å². The molecule has 0 saturated carbocycles. The number of anilines is 2. The number of carbonyl (C=O) groups is 1. The number of aryl methyl sites for hydroxylation is 2. The van der Waals surface area contributed by atoms with E-state index in [-0.39, 0.29) is 6.03 Å². The van der Waals surface area contributed by atoms with Crippen molar-refractivity contribution >= 4 is 29.2 Å². The quantitative estimate of drug-likeness (QED) is 0.712. The van der Waals surface area contributed by atoms with Gasteiger partial charge in [0.15, 0.2) is 5.16 Å². The fourth-order valence-corrected chi connectivity index (χ4v) is 2.86. The lowest BCUT2D eigenvalue weighted by Crippen LogP contribution is -2.19. The molecule has 2 amide bonds. The summed E-state index contributed by atoms with van der Waals surface area (Å²) in [4.78, 5) is 21.4. The highest BCUT2D eigenvalue weighted by Crippen LogP contribution is 2.27. The molecule has 0 saturated heterocycles. The molecule has 3 rings (SSSR count). The third kappa shape index (κ3) is 4.11. The molecule has 0 spiro atoms. The molecule has 0 aliphatic heterocycles. The Morgan fingerprint density at radius 2 is 2.00 bits per heavy atom. The lowest BCUT2D eigenvalue weighted by molar-refractivity contribution is 0.262. The van der Waals surface area contributed by atoms with Gasteiger partial charge in [-0.1, -0.05) is 0 Å². The lowest BCUT2D eigenvalue weighted by Gasteiger charge is -2.10. The molecule has 0 bridgehead atoms. The molecule has 0 radical (unpaired) electrons. The summed E-state index contributed by atoms with van der Waals surface area (Å²) in [7, 11) is 1.79. The fraction of sp³-hybridized carbons (Fsp3) is 0.125. The Morgan fingerprint density at radius 1 is 1.21 bits per heavy atom. The summed E-state index contributed by atoms with van der Waals surface area (Å²) in [6, 6.07) is 7.25. The van der Waals surface area contributed by atoms with E-state index >= 15 is 0 Å². The molecule has 0 aliphatic rings. The van der Waals surface area contributed by atoms with Crippen molar-refractivity contribution in [1.29, 1.82) is 0 Å². The number of benzene rings is 1. The maximum Gasteiger partial charge on any atom is 0.323 e. The Kier molecular flexibility index (Phi) is 4.76. The molecule has 2 heterocycles. The molecular weight excluding hydrogens is 324 g/mol. The van der Waals surface area contributed by atoms with Crippen molar-refractivity contribution in [3.8, 4) is 0 Å². The van der Waals surface area contributed by atoms with E-state index in [9.17, 15) is 4.79 Å². The number of urea groups is 1. The minimum atomic E-state index is -0.308. The van der Waals surface area contributed by atoms with Gasteiger partial charge in [0.2, 0.25) is 0 Å². The van der Waals surface area contributed by atoms with Crippen molar-refractivity contribution in [2.75, 3.05) is 10.6 Å². The summed E-state index contributed by atoms with van der Waals surface area (Å²) in [5.74, 6) is 0. The van der Waals surface area contributed by atoms with Crippen LogP contribution in [0.2, 0.25) is 0 Å². The van der Waals surface area contributed by atoms with Gasteiger partial charge in [-0.25, -0.2) is 14.8 Å². The molecule has 7 nitrogen and oxygen atoms in total. The Bertz CT molecular complexity index is 849. The van der Waals surface area contributed by atoms with Gasteiger partial charge in [0.1, 0.15) is 0 Å². The summed E-state index contributed by atoms with van der Waals surface area (Å²) in [6.07, 6.45) is 6.74. The van der Waals surface area contributed by atoms with Crippen LogP contribution in [0.25, 0.3) is 0 Å². The fourth-order valence-electron chi connectivity index (χ4n) is 2.05. The first kappa shape index (κ1) is 16.0. The van der Waals surface area contributed by atoms with Gasteiger partial charge in [0, 0.05) is 36.2 Å². The van der Waals surface area contributed by atoms with Crippen LogP contribution in [0.15, 0.2) is 59.1 Å². The summed E-state index contributed by atoms with van der Waals surface area (Å²) in [5, 5.41) is 10.3. The van der Waals surface area contributed by atoms with E-state index in [0.29, 0.717) is 10.8 Å². The molecule has 0 atom stereocenters. The Hall–Kier alpha value is -2.87. The third-order valence-corrected chi connectivity index (χ3v) is 4.04. The van der Waals surface area contributed by atoms with Crippen molar-refractivity contribution < 1.29 is 4.79 Å². The first-order valence-electron chi connectivity index (χ1n) is 7.22. The van der Waals surface area contributed by atoms with Crippen LogP contribution >= 0.6 is 11.8 Å². The van der Waals surface area contributed by atoms with Crippen molar-refractivity contribution in [3.05, 3.63) is 54.6 Å². The molecule has 0 unspecified atom stereocenters. The van der Waals surface area contributed by atoms with Gasteiger partial charge in [-0.15, -0.1) is 0 Å². The monoisotopic (exact) mass is 340 g/mol. The number of carbonyl (C=O) groups excluding carboxylic acids is 1. The molecule has 1 aromatic carbocycles. The molecule has 2 N–H and O–H groups in total. The normalized spacial score (nSPS) is 10.4. The van der Waals surface area contributed by atoms with Crippen LogP contribution in [-0.4, -0.2) is 25.8 Å². The van der Waals surface area contributed by atoms with E-state index in [1.54, 1.807) is 42.6 Å². The predicted octanol–water partition coefficient (Wildman–Crippen LogP) is 3.31. The molecule has 2 aromatic heterocycles. The topological polar surface area (TPSA) is 84.7 Å². The van der Waals surface area contributed by atoms with Gasteiger partial charge >= 0.3 is 6.03 Å². The second kappa shape index (κ2) is 7.14. The number of rotatable bonds is 4. The molecule has 24 heavy (non-hydrogen) atoms. The Labute approximate surface area is 143 Å². The largest absolute Gasteiger partial charge is 0.323 e. The van der Waals surface area contributed by atoms with Gasteiger partial charge < -0.3 is 10.6 Å². The smallest absolute Gasteiger partial charge is 0.307 e. The minimum Gasteiger partial charge on any atom is -0.307 e. The summed E-state index contributed by atoms with van der Waals surface area (Å²) >= 11 is 1.47. The number of hydrogen-bond acceptors (Lipinski definition) is 5. The van der Waals surface area contributed by atoms with Gasteiger partial charge in [-0.2, -0.15) is 5.10 Å². The molecular formula is C16H16N6OS. The zero-order chi connectivity index (χ0) is 16.9. The van der Waals surface area contributed by atoms with Crippen molar-refractivity contribution in [2.45, 2.75) is 17.0 Å². The number of aromatic nitrogens is 4. The van der Waals surface area contributed by atoms with Crippen LogP contribution in [0.4, 0.5) is 16.2 Å². The highest BCUT2D eigenvalue weighted by molar-refractivity contribution is 7.99. The molecule has 0 aliphatic carbocycles. The average molecular weight is 340 g/mol. The molecule has 8 heteroatoms. The standard InChI is InChI=1S/C16H16N6OS/c1-11-8-13(24-16-17-6-3-7-18-16)4-5-14(11)21-15(23)20-12-9-19-22(2)10-12/h3-10H,1-2H3,(H2,20,21,23). The number of nitrogens with one attached hydrogen (secondary N) is 2. The van der Waals surface area contributed by atoms with Crippen molar-refractivity contribution in [2.24, 2.45) is 7.05 Å². The number of hydrogen-bond donors (Lipinski definition) is 2. The van der Waals surface area contributed by atoms with Crippen molar-refractivity contribution in [3.63, 3.8) is 0 Å². The van der Waals surface area contributed by atoms with Gasteiger partial charge in [0.05, 0.1) is 11.9 Å².